The zero-order valence-electron chi connectivity index (χ0n) is 20.3. The monoisotopic (exact) mass is 498 g/mol. The lowest BCUT2D eigenvalue weighted by molar-refractivity contribution is -0.140. The number of benzene rings is 1. The Morgan fingerprint density at radius 3 is 2.74 bits per heavy atom. The van der Waals surface area contributed by atoms with Gasteiger partial charge in [0.05, 0.1) is 24.3 Å². The quantitative estimate of drug-likeness (QED) is 0.400. The smallest absolute Gasteiger partial charge is 0.305 e. The average molecular weight is 499 g/mol. The van der Waals surface area contributed by atoms with Gasteiger partial charge in [-0.3, -0.25) is 14.4 Å². The second-order valence-electron chi connectivity index (χ2n) is 7.73. The van der Waals surface area contributed by atoms with Crippen molar-refractivity contribution in [3.05, 3.63) is 53.2 Å². The molecule has 9 nitrogen and oxygen atoms in total. The minimum Gasteiger partial charge on any atom is -0.469 e. The Balaban J connectivity index is 2.02. The Morgan fingerprint density at radius 1 is 1.26 bits per heavy atom. The van der Waals surface area contributed by atoms with Gasteiger partial charge in [0.15, 0.2) is 0 Å². The Kier molecular flexibility index (Phi) is 11.1. The van der Waals surface area contributed by atoms with Gasteiger partial charge in [-0.2, -0.15) is 4.36 Å². The van der Waals surface area contributed by atoms with Gasteiger partial charge in [0, 0.05) is 30.8 Å². The van der Waals surface area contributed by atoms with Crippen LogP contribution in [-0.2, 0) is 29.8 Å². The van der Waals surface area contributed by atoms with E-state index >= 15 is 0 Å². The second kappa shape index (κ2) is 14.0. The van der Waals surface area contributed by atoms with Crippen molar-refractivity contribution >= 4 is 40.0 Å². The predicted octanol–water partition coefficient (Wildman–Crippen LogP) is 3.30. The molecule has 1 aromatic carbocycles. The number of nitrogens with two attached hydrogens (primary N) is 1. The SMILES string of the molecule is COC(=O)CCCC(C)OCS(C)=NC(=O)c1cnc(N)c(C#Cc2cccc(NC(C)=O)c2)c1. The number of hydrogen-bond acceptors (Lipinski definition) is 7. The molecule has 0 radical (unpaired) electrons. The molecule has 1 aromatic heterocycles. The molecule has 0 saturated carbocycles. The number of anilines is 2. The third-order valence-electron chi connectivity index (χ3n) is 4.67. The van der Waals surface area contributed by atoms with Crippen LogP contribution in [0.3, 0.4) is 0 Å². The molecule has 10 heteroatoms. The molecule has 0 aliphatic carbocycles. The highest BCUT2D eigenvalue weighted by molar-refractivity contribution is 7.86. The number of methoxy groups -OCH3 is 1. The van der Waals surface area contributed by atoms with Gasteiger partial charge in [0.25, 0.3) is 5.91 Å². The number of esters is 1. The van der Waals surface area contributed by atoms with Crippen molar-refractivity contribution in [1.82, 2.24) is 4.98 Å². The van der Waals surface area contributed by atoms with Crippen molar-refractivity contribution in [1.29, 1.82) is 0 Å². The maximum Gasteiger partial charge on any atom is 0.305 e. The minimum atomic E-state index is -0.658. The standard InChI is InChI=1S/C25H30N4O5S/c1-17(7-5-10-23(31)33-3)34-16-35(4)29-25(32)21-14-20(24(26)27-15-21)12-11-19-8-6-9-22(13-19)28-18(2)30/h6,8-9,13-15,17H,5,7,10,16H2,1-4H3,(H2,26,27)(H,28,30). The molecule has 1 heterocycles. The van der Waals surface area contributed by atoms with Gasteiger partial charge in [0.2, 0.25) is 5.91 Å². The van der Waals surface area contributed by atoms with E-state index in [2.05, 4.69) is 31.2 Å². The number of carbonyl (C=O) groups is 3. The lowest BCUT2D eigenvalue weighted by atomic mass is 10.1. The number of amides is 2. The molecule has 35 heavy (non-hydrogen) atoms. The summed E-state index contributed by atoms with van der Waals surface area (Å²) in [6.07, 6.45) is 4.84. The molecule has 0 spiro atoms. The number of nitrogens with one attached hydrogen (secondary N) is 1. The van der Waals surface area contributed by atoms with Crippen LogP contribution >= 0.6 is 0 Å². The van der Waals surface area contributed by atoms with Gasteiger partial charge in [-0.1, -0.05) is 28.6 Å². The highest BCUT2D eigenvalue weighted by Gasteiger charge is 2.10. The molecule has 2 unspecified atom stereocenters. The van der Waals surface area contributed by atoms with Crippen molar-refractivity contribution in [2.75, 3.05) is 30.4 Å². The van der Waals surface area contributed by atoms with Crippen LogP contribution < -0.4 is 11.1 Å². The fourth-order valence-corrected chi connectivity index (χ4v) is 3.73. The van der Waals surface area contributed by atoms with Gasteiger partial charge >= 0.3 is 5.97 Å². The van der Waals surface area contributed by atoms with Crippen LogP contribution in [0, 0.1) is 11.8 Å². The number of nitrogens with zero attached hydrogens (tertiary/aromatic N) is 2. The number of nitrogen functional groups attached to an aromatic ring is 1. The summed E-state index contributed by atoms with van der Waals surface area (Å²) in [7, 11) is 0.707. The first-order valence-corrected chi connectivity index (χ1v) is 12.7. The van der Waals surface area contributed by atoms with E-state index in [0.29, 0.717) is 42.0 Å². The highest BCUT2D eigenvalue weighted by atomic mass is 32.2. The molecule has 0 fully saturated rings. The summed E-state index contributed by atoms with van der Waals surface area (Å²) in [4.78, 5) is 39.1. The normalized spacial score (nSPS) is 12.2. The molecule has 0 aliphatic rings. The second-order valence-corrected chi connectivity index (χ2v) is 9.35. The van der Waals surface area contributed by atoms with E-state index in [9.17, 15) is 14.4 Å². The fourth-order valence-electron chi connectivity index (χ4n) is 2.86. The van der Waals surface area contributed by atoms with Gasteiger partial charge < -0.3 is 20.5 Å². The van der Waals surface area contributed by atoms with Crippen molar-refractivity contribution in [3.63, 3.8) is 0 Å². The molecule has 186 valence electrons. The molecule has 2 amide bonds. The predicted molar refractivity (Wildman–Crippen MR) is 137 cm³/mol. The van der Waals surface area contributed by atoms with Crippen LogP contribution in [0.5, 0.6) is 0 Å². The number of hydrogen-bond donors (Lipinski definition) is 2. The third-order valence-corrected chi connectivity index (χ3v) is 5.63. The van der Waals surface area contributed by atoms with Gasteiger partial charge in [0.1, 0.15) is 11.8 Å². The molecule has 0 saturated heterocycles. The van der Waals surface area contributed by atoms with E-state index in [4.69, 9.17) is 10.5 Å². The Hall–Kier alpha value is -3.55. The van der Waals surface area contributed by atoms with Crippen LogP contribution in [0.25, 0.3) is 0 Å². The Bertz CT molecular complexity index is 1170. The van der Waals surface area contributed by atoms with Crippen LogP contribution in [0.15, 0.2) is 40.9 Å². The first-order chi connectivity index (χ1) is 16.7. The Morgan fingerprint density at radius 2 is 2.03 bits per heavy atom. The van der Waals surface area contributed by atoms with Gasteiger partial charge in [-0.15, -0.1) is 0 Å². The number of aromatic nitrogens is 1. The number of ether oxygens (including phenoxy) is 2. The first kappa shape index (κ1) is 27.7. The summed E-state index contributed by atoms with van der Waals surface area (Å²) >= 11 is 0. The van der Waals surface area contributed by atoms with Crippen molar-refractivity contribution < 1.29 is 23.9 Å². The van der Waals surface area contributed by atoms with Crippen LogP contribution in [0.2, 0.25) is 0 Å². The van der Waals surface area contributed by atoms with Crippen LogP contribution in [0.4, 0.5) is 11.5 Å². The molecule has 0 aliphatic heterocycles. The largest absolute Gasteiger partial charge is 0.469 e. The van der Waals surface area contributed by atoms with Crippen molar-refractivity contribution in [2.45, 2.75) is 39.2 Å². The molecular formula is C25H30N4O5S. The Labute approximate surface area is 207 Å². The van der Waals surface area contributed by atoms with Crippen LogP contribution in [0.1, 0.15) is 54.6 Å². The zero-order valence-corrected chi connectivity index (χ0v) is 21.1. The summed E-state index contributed by atoms with van der Waals surface area (Å²) < 4.78 is 14.6. The highest BCUT2D eigenvalue weighted by Crippen LogP contribution is 2.14. The minimum absolute atomic E-state index is 0.0656. The number of pyridine rings is 1. The molecule has 0 bridgehead atoms. The third kappa shape index (κ3) is 10.1. The summed E-state index contributed by atoms with van der Waals surface area (Å²) in [5.41, 5.74) is 7.93. The summed E-state index contributed by atoms with van der Waals surface area (Å²) in [6, 6.07) is 8.64. The van der Waals surface area contributed by atoms with E-state index in [1.807, 2.05) is 13.2 Å². The average Bonchev–Trinajstić information content (AvgIpc) is 2.81. The molecule has 2 atom stereocenters. The fraction of sp³-hybridized carbons (Fsp3) is 0.360. The zero-order chi connectivity index (χ0) is 25.8. The molecule has 2 rings (SSSR count). The maximum atomic E-state index is 12.6. The topological polar surface area (TPSA) is 133 Å². The van der Waals surface area contributed by atoms with Gasteiger partial charge in [-0.25, -0.2) is 4.98 Å². The molecular weight excluding hydrogens is 468 g/mol. The molecule has 3 N–H and O–H groups in total. The van der Waals surface area contributed by atoms with E-state index in [0.717, 1.165) is 0 Å². The summed E-state index contributed by atoms with van der Waals surface area (Å²) in [5, 5.41) is 2.70. The summed E-state index contributed by atoms with van der Waals surface area (Å²) in [6.45, 7) is 3.34. The van der Waals surface area contributed by atoms with Crippen molar-refractivity contribution in [3.8, 4) is 11.8 Å². The lowest BCUT2D eigenvalue weighted by Crippen LogP contribution is -2.13. The lowest BCUT2D eigenvalue weighted by Gasteiger charge is -2.12. The first-order valence-electron chi connectivity index (χ1n) is 10.9. The molecule has 2 aromatic rings. The van der Waals surface area contributed by atoms with E-state index < -0.39 is 16.6 Å². The van der Waals surface area contributed by atoms with Crippen LogP contribution in [-0.4, -0.2) is 48.2 Å². The van der Waals surface area contributed by atoms with E-state index in [1.54, 1.807) is 30.3 Å². The maximum absolute atomic E-state index is 12.6. The summed E-state index contributed by atoms with van der Waals surface area (Å²) in [5.74, 6) is 5.55. The van der Waals surface area contributed by atoms with Gasteiger partial charge in [-0.05, 0) is 50.3 Å². The number of carbonyl (C=O) groups excluding carboxylic acids is 3. The number of rotatable bonds is 9. The van der Waals surface area contributed by atoms with E-state index in [-0.39, 0.29) is 29.4 Å². The van der Waals surface area contributed by atoms with E-state index in [1.165, 1.54) is 20.2 Å². The van der Waals surface area contributed by atoms with Crippen molar-refractivity contribution in [2.24, 2.45) is 4.36 Å².